The first-order valence-corrected chi connectivity index (χ1v) is 9.62. The molecule has 1 heterocycles. The molecule has 0 amide bonds. The van der Waals surface area contributed by atoms with Crippen LogP contribution in [-0.4, -0.2) is 20.6 Å². The average molecular weight is 366 g/mol. The molecule has 1 N–H and O–H groups in total. The quantitative estimate of drug-likeness (QED) is 0.596. The van der Waals surface area contributed by atoms with E-state index >= 15 is 0 Å². The number of benzene rings is 2. The Labute approximate surface area is 161 Å². The number of thiocarbonyl (C=S) groups is 1. The molecule has 4 heteroatoms. The first-order valence-electron chi connectivity index (χ1n) is 9.21. The lowest BCUT2D eigenvalue weighted by Gasteiger charge is -2.30. The van der Waals surface area contributed by atoms with E-state index in [1.165, 1.54) is 22.0 Å². The predicted octanol–water partition coefficient (Wildman–Crippen LogP) is 5.58. The molecule has 0 radical (unpaired) electrons. The highest BCUT2D eigenvalue weighted by atomic mass is 32.1. The number of nitrogens with one attached hydrogen (secondary N) is 1. The van der Waals surface area contributed by atoms with E-state index in [4.69, 9.17) is 12.2 Å². The molecule has 0 fully saturated rings. The summed E-state index contributed by atoms with van der Waals surface area (Å²) >= 11 is 5.76. The minimum absolute atomic E-state index is 0.308. The van der Waals surface area contributed by atoms with E-state index in [0.717, 1.165) is 23.9 Å². The molecule has 0 spiro atoms. The summed E-state index contributed by atoms with van der Waals surface area (Å²) in [5.41, 5.74) is 4.86. The molecular formula is C22H27N3S. The number of para-hydroxylation sites is 2. The first-order chi connectivity index (χ1) is 12.5. The molecule has 2 aromatic carbocycles. The summed E-state index contributed by atoms with van der Waals surface area (Å²) in [6.07, 6.45) is 2.26. The van der Waals surface area contributed by atoms with Crippen LogP contribution in [0.5, 0.6) is 0 Å². The summed E-state index contributed by atoms with van der Waals surface area (Å²) in [5, 5.41) is 5.50. The van der Waals surface area contributed by atoms with Gasteiger partial charge >= 0.3 is 0 Å². The molecule has 0 atom stereocenters. The van der Waals surface area contributed by atoms with Crippen LogP contribution in [-0.2, 0) is 13.1 Å². The molecule has 136 valence electrons. The molecule has 3 nitrogen and oxygen atoms in total. The van der Waals surface area contributed by atoms with Gasteiger partial charge in [0, 0.05) is 41.9 Å². The fourth-order valence-electron chi connectivity index (χ4n) is 3.28. The highest BCUT2D eigenvalue weighted by Crippen LogP contribution is 2.24. The third-order valence-electron chi connectivity index (χ3n) is 4.82. The molecular weight excluding hydrogens is 338 g/mol. The highest BCUT2D eigenvalue weighted by Gasteiger charge is 2.17. The number of fused-ring (bicyclic) bond motifs is 1. The van der Waals surface area contributed by atoms with Gasteiger partial charge in [-0.05, 0) is 63.2 Å². The van der Waals surface area contributed by atoms with E-state index in [-0.39, 0.29) is 0 Å². The number of hydrogen-bond donors (Lipinski definition) is 1. The second-order valence-corrected chi connectivity index (χ2v) is 7.31. The normalized spacial score (nSPS) is 11.1. The second-order valence-electron chi connectivity index (χ2n) is 6.92. The van der Waals surface area contributed by atoms with E-state index in [0.29, 0.717) is 6.04 Å². The number of nitrogens with zero attached hydrogens (tertiary/aromatic N) is 2. The van der Waals surface area contributed by atoms with E-state index in [9.17, 15) is 0 Å². The lowest BCUT2D eigenvalue weighted by molar-refractivity contribution is 0.349. The summed E-state index contributed by atoms with van der Waals surface area (Å²) in [7, 11) is 0. The molecule has 26 heavy (non-hydrogen) atoms. The number of aryl methyl sites for hydroxylation is 2. The predicted molar refractivity (Wildman–Crippen MR) is 116 cm³/mol. The Bertz CT molecular complexity index is 911. The number of aromatic nitrogens is 1. The zero-order valence-corrected chi connectivity index (χ0v) is 16.8. The molecule has 0 bridgehead atoms. The zero-order valence-electron chi connectivity index (χ0n) is 16.0. The van der Waals surface area contributed by atoms with Gasteiger partial charge in [0.25, 0.3) is 0 Å². The van der Waals surface area contributed by atoms with Crippen molar-refractivity contribution in [3.05, 3.63) is 65.9 Å². The Kier molecular flexibility index (Phi) is 5.62. The van der Waals surface area contributed by atoms with Gasteiger partial charge in [0.05, 0.1) is 0 Å². The van der Waals surface area contributed by atoms with E-state index < -0.39 is 0 Å². The summed E-state index contributed by atoms with van der Waals surface area (Å²) in [5.74, 6) is 0. The van der Waals surface area contributed by atoms with Gasteiger partial charge in [-0.2, -0.15) is 0 Å². The van der Waals surface area contributed by atoms with E-state index in [2.05, 4.69) is 85.1 Å². The van der Waals surface area contributed by atoms with Gasteiger partial charge in [0.1, 0.15) is 0 Å². The van der Waals surface area contributed by atoms with Crippen molar-refractivity contribution in [1.29, 1.82) is 0 Å². The third-order valence-corrected chi connectivity index (χ3v) is 5.16. The van der Waals surface area contributed by atoms with E-state index in [1.54, 1.807) is 0 Å². The molecule has 3 rings (SSSR count). The van der Waals surface area contributed by atoms with Crippen LogP contribution >= 0.6 is 12.2 Å². The molecule has 0 aliphatic rings. The van der Waals surface area contributed by atoms with Crippen molar-refractivity contribution in [2.45, 2.75) is 46.8 Å². The average Bonchev–Trinajstić information content (AvgIpc) is 2.99. The Morgan fingerprint density at radius 3 is 2.50 bits per heavy atom. The maximum absolute atomic E-state index is 5.76. The second kappa shape index (κ2) is 7.92. The van der Waals surface area contributed by atoms with Crippen molar-refractivity contribution in [2.24, 2.45) is 0 Å². The number of anilines is 1. The summed E-state index contributed by atoms with van der Waals surface area (Å²) in [6, 6.07) is 17.2. The van der Waals surface area contributed by atoms with Gasteiger partial charge in [0.2, 0.25) is 0 Å². The fourth-order valence-corrected chi connectivity index (χ4v) is 3.67. The van der Waals surface area contributed by atoms with Crippen LogP contribution in [0.3, 0.4) is 0 Å². The van der Waals surface area contributed by atoms with Crippen LogP contribution in [0.1, 0.15) is 31.9 Å². The van der Waals surface area contributed by atoms with Gasteiger partial charge in [0.15, 0.2) is 5.11 Å². The van der Waals surface area contributed by atoms with Gasteiger partial charge < -0.3 is 14.8 Å². The van der Waals surface area contributed by atoms with Gasteiger partial charge in [-0.15, -0.1) is 0 Å². The van der Waals surface area contributed by atoms with E-state index in [1.807, 2.05) is 12.1 Å². The maximum atomic E-state index is 5.76. The van der Waals surface area contributed by atoms with Crippen molar-refractivity contribution >= 4 is 33.9 Å². The molecule has 0 aliphatic heterocycles. The van der Waals surface area contributed by atoms with Crippen molar-refractivity contribution < 1.29 is 0 Å². The van der Waals surface area contributed by atoms with Crippen LogP contribution in [0.4, 0.5) is 5.69 Å². The minimum atomic E-state index is 0.308. The maximum Gasteiger partial charge on any atom is 0.173 e. The largest absolute Gasteiger partial charge is 0.347 e. The van der Waals surface area contributed by atoms with Crippen LogP contribution in [0.15, 0.2) is 54.7 Å². The Hall–Kier alpha value is -2.33. The standard InChI is InChI=1S/C22H27N3S/c1-5-24-14-18(19-11-7-9-13-21(19)24)15-25(16(2)3)22(26)23-20-12-8-6-10-17(20)4/h6-14,16H,5,15H2,1-4H3,(H,23,26). The summed E-state index contributed by atoms with van der Waals surface area (Å²) in [4.78, 5) is 2.25. The SMILES string of the molecule is CCn1cc(CN(C(=S)Nc2ccccc2C)C(C)C)c2ccccc21. The Balaban J connectivity index is 1.88. The smallest absolute Gasteiger partial charge is 0.173 e. The number of rotatable bonds is 5. The summed E-state index contributed by atoms with van der Waals surface area (Å²) in [6.45, 7) is 10.4. The monoisotopic (exact) mass is 365 g/mol. The summed E-state index contributed by atoms with van der Waals surface area (Å²) < 4.78 is 2.31. The van der Waals surface area contributed by atoms with Gasteiger partial charge in [-0.25, -0.2) is 0 Å². The van der Waals surface area contributed by atoms with Crippen molar-refractivity contribution in [1.82, 2.24) is 9.47 Å². The van der Waals surface area contributed by atoms with Gasteiger partial charge in [-0.1, -0.05) is 36.4 Å². The molecule has 3 aromatic rings. The molecule has 0 aliphatic carbocycles. The third kappa shape index (κ3) is 3.75. The first kappa shape index (κ1) is 18.5. The van der Waals surface area contributed by atoms with Crippen molar-refractivity contribution in [3.8, 4) is 0 Å². The van der Waals surface area contributed by atoms with Gasteiger partial charge in [-0.3, -0.25) is 0 Å². The van der Waals surface area contributed by atoms with Crippen LogP contribution in [0.25, 0.3) is 10.9 Å². The van der Waals surface area contributed by atoms with Crippen molar-refractivity contribution in [2.75, 3.05) is 5.32 Å². The van der Waals surface area contributed by atoms with Crippen LogP contribution in [0, 0.1) is 6.92 Å². The zero-order chi connectivity index (χ0) is 18.7. The molecule has 1 aromatic heterocycles. The molecule has 0 saturated carbocycles. The van der Waals surface area contributed by atoms with Crippen LogP contribution < -0.4 is 5.32 Å². The lowest BCUT2D eigenvalue weighted by atomic mass is 10.1. The topological polar surface area (TPSA) is 20.2 Å². The molecule has 0 unspecified atom stereocenters. The lowest BCUT2D eigenvalue weighted by Crippen LogP contribution is -2.39. The van der Waals surface area contributed by atoms with Crippen LogP contribution in [0.2, 0.25) is 0 Å². The van der Waals surface area contributed by atoms with Crippen molar-refractivity contribution in [3.63, 3.8) is 0 Å². The number of hydrogen-bond acceptors (Lipinski definition) is 1. The Morgan fingerprint density at radius 2 is 1.81 bits per heavy atom. The Morgan fingerprint density at radius 1 is 1.12 bits per heavy atom. The fraction of sp³-hybridized carbons (Fsp3) is 0.318. The highest BCUT2D eigenvalue weighted by molar-refractivity contribution is 7.80. The molecule has 0 saturated heterocycles. The minimum Gasteiger partial charge on any atom is -0.347 e.